The number of carbonyl (C=O) groups excluding carboxylic acids is 1. The molecule has 1 aliphatic rings. The molecule has 2 aromatic heterocycles. The summed E-state index contributed by atoms with van der Waals surface area (Å²) in [6.45, 7) is 1.50. The number of amides is 1. The highest BCUT2D eigenvalue weighted by atomic mass is 16.2. The van der Waals surface area contributed by atoms with E-state index in [0.717, 1.165) is 36.4 Å². The number of piperidine rings is 1. The fraction of sp³-hybridized carbons (Fsp3) is 0.316. The number of fused-ring (bicyclic) bond motifs is 1. The van der Waals surface area contributed by atoms with Crippen molar-refractivity contribution in [3.05, 3.63) is 60.0 Å². The second kappa shape index (κ2) is 6.55. The predicted molar refractivity (Wildman–Crippen MR) is 96.1 cm³/mol. The minimum absolute atomic E-state index is 0.156. The van der Waals surface area contributed by atoms with Crippen LogP contribution in [0.2, 0.25) is 0 Å². The Hall–Kier alpha value is -2.89. The van der Waals surface area contributed by atoms with E-state index >= 15 is 0 Å². The Morgan fingerprint density at radius 3 is 2.84 bits per heavy atom. The van der Waals surface area contributed by atoms with Gasteiger partial charge in [0.1, 0.15) is 5.82 Å². The van der Waals surface area contributed by atoms with Crippen LogP contribution < -0.4 is 5.73 Å². The van der Waals surface area contributed by atoms with E-state index in [9.17, 15) is 4.79 Å². The van der Waals surface area contributed by atoms with Gasteiger partial charge in [-0.3, -0.25) is 9.20 Å². The molecule has 1 atom stereocenters. The maximum atomic E-state index is 12.7. The van der Waals surface area contributed by atoms with Crippen LogP contribution in [0.3, 0.4) is 0 Å². The third-order valence-electron chi connectivity index (χ3n) is 4.81. The summed E-state index contributed by atoms with van der Waals surface area (Å²) in [6.07, 6.45) is 4.41. The zero-order valence-electron chi connectivity index (χ0n) is 14.0. The molecule has 1 aliphatic heterocycles. The molecule has 3 heterocycles. The molecule has 1 saturated heterocycles. The van der Waals surface area contributed by atoms with Crippen molar-refractivity contribution < 1.29 is 4.79 Å². The standard InChI is InChI=1S/C19H21N5O/c20-16-8-6-14(7-9-16)12-18(25)23-10-3-4-15(13-23)19-22-21-17-5-1-2-11-24(17)19/h1-2,5-9,11,15H,3-4,10,12-13,20H2. The highest BCUT2D eigenvalue weighted by molar-refractivity contribution is 5.79. The molecule has 4 rings (SSSR count). The number of hydrogen-bond donors (Lipinski definition) is 1. The first-order valence-corrected chi connectivity index (χ1v) is 8.62. The van der Waals surface area contributed by atoms with Gasteiger partial charge in [0, 0.05) is 30.9 Å². The van der Waals surface area contributed by atoms with E-state index in [1.807, 2.05) is 58.0 Å². The SMILES string of the molecule is Nc1ccc(CC(=O)N2CCCC(c3nnc4ccccn34)C2)cc1. The summed E-state index contributed by atoms with van der Waals surface area (Å²) in [6, 6.07) is 13.4. The molecule has 1 amide bonds. The molecule has 0 aliphatic carbocycles. The number of hydrogen-bond acceptors (Lipinski definition) is 4. The highest BCUT2D eigenvalue weighted by Crippen LogP contribution is 2.26. The smallest absolute Gasteiger partial charge is 0.227 e. The Balaban J connectivity index is 1.49. The molecule has 1 unspecified atom stereocenters. The molecule has 6 nitrogen and oxygen atoms in total. The Morgan fingerprint density at radius 1 is 1.16 bits per heavy atom. The first-order chi connectivity index (χ1) is 12.2. The molecular formula is C19H21N5O. The maximum Gasteiger partial charge on any atom is 0.227 e. The number of rotatable bonds is 3. The average Bonchev–Trinajstić information content (AvgIpc) is 3.08. The van der Waals surface area contributed by atoms with Crippen molar-refractivity contribution in [3.63, 3.8) is 0 Å². The molecule has 0 saturated carbocycles. The first kappa shape index (κ1) is 15.6. The summed E-state index contributed by atoms with van der Waals surface area (Å²) >= 11 is 0. The largest absolute Gasteiger partial charge is 0.399 e. The minimum Gasteiger partial charge on any atom is -0.399 e. The van der Waals surface area contributed by atoms with Gasteiger partial charge < -0.3 is 10.6 Å². The summed E-state index contributed by atoms with van der Waals surface area (Å²) in [5, 5.41) is 8.60. The monoisotopic (exact) mass is 335 g/mol. The molecule has 1 aromatic carbocycles. The normalized spacial score (nSPS) is 17.8. The van der Waals surface area contributed by atoms with E-state index in [2.05, 4.69) is 10.2 Å². The van der Waals surface area contributed by atoms with Gasteiger partial charge in [-0.2, -0.15) is 0 Å². The second-order valence-electron chi connectivity index (χ2n) is 6.58. The number of nitrogens with two attached hydrogens (primary N) is 1. The van der Waals surface area contributed by atoms with E-state index < -0.39 is 0 Å². The van der Waals surface area contributed by atoms with E-state index in [1.165, 1.54) is 0 Å². The van der Waals surface area contributed by atoms with Crippen LogP contribution in [-0.4, -0.2) is 38.5 Å². The number of pyridine rings is 1. The van der Waals surface area contributed by atoms with Crippen LogP contribution >= 0.6 is 0 Å². The average molecular weight is 335 g/mol. The fourth-order valence-corrected chi connectivity index (χ4v) is 3.47. The Labute approximate surface area is 146 Å². The number of aromatic nitrogens is 3. The molecule has 3 aromatic rings. The lowest BCUT2D eigenvalue weighted by Gasteiger charge is -2.32. The van der Waals surface area contributed by atoms with Crippen molar-refractivity contribution in [2.45, 2.75) is 25.2 Å². The molecule has 1 fully saturated rings. The van der Waals surface area contributed by atoms with E-state index in [0.29, 0.717) is 18.7 Å². The number of nitrogen functional groups attached to an aromatic ring is 1. The topological polar surface area (TPSA) is 76.5 Å². The summed E-state index contributed by atoms with van der Waals surface area (Å²) < 4.78 is 2.03. The lowest BCUT2D eigenvalue weighted by Crippen LogP contribution is -2.40. The Bertz CT molecular complexity index is 886. The predicted octanol–water partition coefficient (Wildman–Crippen LogP) is 2.26. The first-order valence-electron chi connectivity index (χ1n) is 8.62. The maximum absolute atomic E-state index is 12.7. The van der Waals surface area contributed by atoms with E-state index in [4.69, 9.17) is 5.73 Å². The van der Waals surface area contributed by atoms with Crippen LogP contribution in [0.5, 0.6) is 0 Å². The van der Waals surface area contributed by atoms with Gasteiger partial charge in [0.25, 0.3) is 0 Å². The molecule has 0 spiro atoms. The number of benzene rings is 1. The summed E-state index contributed by atoms with van der Waals surface area (Å²) in [7, 11) is 0. The van der Waals surface area contributed by atoms with Gasteiger partial charge in [-0.15, -0.1) is 10.2 Å². The van der Waals surface area contributed by atoms with Crippen LogP contribution in [0, 0.1) is 0 Å². The third-order valence-corrected chi connectivity index (χ3v) is 4.81. The van der Waals surface area contributed by atoms with E-state index in [-0.39, 0.29) is 11.8 Å². The minimum atomic E-state index is 0.156. The second-order valence-corrected chi connectivity index (χ2v) is 6.58. The highest BCUT2D eigenvalue weighted by Gasteiger charge is 2.27. The Kier molecular flexibility index (Phi) is 4.09. The Morgan fingerprint density at radius 2 is 2.00 bits per heavy atom. The van der Waals surface area contributed by atoms with Crippen LogP contribution in [0.25, 0.3) is 5.65 Å². The molecule has 25 heavy (non-hydrogen) atoms. The number of nitrogens with zero attached hydrogens (tertiary/aromatic N) is 4. The van der Waals surface area contributed by atoms with Crippen LogP contribution in [-0.2, 0) is 11.2 Å². The van der Waals surface area contributed by atoms with Crippen molar-refractivity contribution in [2.24, 2.45) is 0 Å². The van der Waals surface area contributed by atoms with Gasteiger partial charge in [0.05, 0.1) is 6.42 Å². The van der Waals surface area contributed by atoms with Crippen molar-refractivity contribution >= 4 is 17.2 Å². The van der Waals surface area contributed by atoms with Crippen molar-refractivity contribution in [1.82, 2.24) is 19.5 Å². The molecular weight excluding hydrogens is 314 g/mol. The zero-order valence-corrected chi connectivity index (χ0v) is 14.0. The zero-order chi connectivity index (χ0) is 17.2. The van der Waals surface area contributed by atoms with Crippen LogP contribution in [0.15, 0.2) is 48.7 Å². The number of likely N-dealkylation sites (tertiary alicyclic amines) is 1. The van der Waals surface area contributed by atoms with E-state index in [1.54, 1.807) is 0 Å². The van der Waals surface area contributed by atoms with Gasteiger partial charge in [-0.25, -0.2) is 0 Å². The molecule has 0 radical (unpaired) electrons. The quantitative estimate of drug-likeness (QED) is 0.745. The van der Waals surface area contributed by atoms with Crippen LogP contribution in [0.4, 0.5) is 5.69 Å². The lowest BCUT2D eigenvalue weighted by molar-refractivity contribution is -0.131. The van der Waals surface area contributed by atoms with Crippen molar-refractivity contribution in [3.8, 4) is 0 Å². The summed E-state index contributed by atoms with van der Waals surface area (Å²) in [5.74, 6) is 1.32. The van der Waals surface area contributed by atoms with Gasteiger partial charge in [-0.05, 0) is 42.7 Å². The van der Waals surface area contributed by atoms with Crippen LogP contribution in [0.1, 0.15) is 30.1 Å². The van der Waals surface area contributed by atoms with Gasteiger partial charge >= 0.3 is 0 Å². The third kappa shape index (κ3) is 3.20. The summed E-state index contributed by atoms with van der Waals surface area (Å²) in [5.41, 5.74) is 8.27. The van der Waals surface area contributed by atoms with Gasteiger partial charge in [0.2, 0.25) is 5.91 Å². The van der Waals surface area contributed by atoms with Crippen molar-refractivity contribution in [2.75, 3.05) is 18.8 Å². The molecule has 2 N–H and O–H groups in total. The molecule has 128 valence electrons. The molecule has 0 bridgehead atoms. The summed E-state index contributed by atoms with van der Waals surface area (Å²) in [4.78, 5) is 14.6. The molecule has 6 heteroatoms. The van der Waals surface area contributed by atoms with Crippen molar-refractivity contribution in [1.29, 1.82) is 0 Å². The van der Waals surface area contributed by atoms with Gasteiger partial charge in [-0.1, -0.05) is 18.2 Å². The fourth-order valence-electron chi connectivity index (χ4n) is 3.47. The van der Waals surface area contributed by atoms with Gasteiger partial charge in [0.15, 0.2) is 5.65 Å². The number of anilines is 1. The number of carbonyl (C=O) groups is 1. The lowest BCUT2D eigenvalue weighted by atomic mass is 9.96.